The summed E-state index contributed by atoms with van der Waals surface area (Å²) in [5, 5.41) is 13.9. The molecule has 0 fully saturated rings. The third-order valence-electron chi connectivity index (χ3n) is 2.23. The Bertz CT molecular complexity index is 555. The fourth-order valence-corrected chi connectivity index (χ4v) is 3.83. The second-order valence-corrected chi connectivity index (χ2v) is 6.71. The average Bonchev–Trinajstić information content (AvgIpc) is 2.80. The molecule has 20 heavy (non-hydrogen) atoms. The molecule has 8 nitrogen and oxygen atoms in total. The number of hydrogen-bond acceptors (Lipinski definition) is 7. The number of ether oxygens (including phenoxy) is 1. The summed E-state index contributed by atoms with van der Waals surface area (Å²) < 4.78 is 31.2. The lowest BCUT2D eigenvalue weighted by atomic mass is 10.5. The van der Waals surface area contributed by atoms with Crippen molar-refractivity contribution in [1.82, 2.24) is 4.72 Å². The highest BCUT2D eigenvalue weighted by molar-refractivity contribution is 7.91. The molecule has 0 aliphatic rings. The van der Waals surface area contributed by atoms with Crippen LogP contribution in [0, 0.1) is 10.1 Å². The van der Waals surface area contributed by atoms with Crippen LogP contribution >= 0.6 is 11.3 Å². The van der Waals surface area contributed by atoms with Crippen LogP contribution in [0.25, 0.3) is 0 Å². The summed E-state index contributed by atoms with van der Waals surface area (Å²) in [6, 6.07) is 1.06. The van der Waals surface area contributed by atoms with Gasteiger partial charge in [-0.25, -0.2) is 13.1 Å². The van der Waals surface area contributed by atoms with Crippen molar-refractivity contribution in [2.24, 2.45) is 0 Å². The third kappa shape index (κ3) is 4.40. The number of nitro groups is 1. The molecule has 1 aromatic rings. The van der Waals surface area contributed by atoms with E-state index in [0.29, 0.717) is 13.2 Å². The third-order valence-corrected chi connectivity index (χ3v) is 5.25. The van der Waals surface area contributed by atoms with Crippen molar-refractivity contribution in [2.45, 2.75) is 18.1 Å². The van der Waals surface area contributed by atoms with Crippen LogP contribution in [0.4, 0.5) is 10.7 Å². The Morgan fingerprint density at radius 1 is 1.45 bits per heavy atom. The van der Waals surface area contributed by atoms with E-state index in [9.17, 15) is 18.5 Å². The SMILES string of the molecule is CCNc1sc(S(=O)(=O)NCCOCC)cc1[N+](=O)[O-]. The van der Waals surface area contributed by atoms with Gasteiger partial charge in [0.05, 0.1) is 11.5 Å². The number of anilines is 1. The average molecular weight is 323 g/mol. The van der Waals surface area contributed by atoms with Gasteiger partial charge in [0.15, 0.2) is 5.00 Å². The van der Waals surface area contributed by atoms with Crippen LogP contribution in [0.15, 0.2) is 10.3 Å². The zero-order valence-electron chi connectivity index (χ0n) is 11.2. The normalized spacial score (nSPS) is 11.5. The fourth-order valence-electron chi connectivity index (χ4n) is 1.38. The van der Waals surface area contributed by atoms with Gasteiger partial charge in [0, 0.05) is 25.8 Å². The lowest BCUT2D eigenvalue weighted by Crippen LogP contribution is -2.26. The van der Waals surface area contributed by atoms with Crippen molar-refractivity contribution in [1.29, 1.82) is 0 Å². The summed E-state index contributed by atoms with van der Waals surface area (Å²) in [5.41, 5.74) is -0.234. The first-order valence-corrected chi connectivity index (χ1v) is 8.31. The predicted molar refractivity (Wildman–Crippen MR) is 76.8 cm³/mol. The van der Waals surface area contributed by atoms with Crippen LogP contribution in [0.3, 0.4) is 0 Å². The monoisotopic (exact) mass is 323 g/mol. The van der Waals surface area contributed by atoms with Gasteiger partial charge in [-0.1, -0.05) is 11.3 Å². The van der Waals surface area contributed by atoms with E-state index in [-0.39, 0.29) is 28.0 Å². The Morgan fingerprint density at radius 2 is 2.15 bits per heavy atom. The van der Waals surface area contributed by atoms with Gasteiger partial charge in [-0.15, -0.1) is 0 Å². The summed E-state index contributed by atoms with van der Waals surface area (Å²) >= 11 is 0.839. The molecule has 0 aromatic carbocycles. The number of rotatable bonds is 9. The zero-order chi connectivity index (χ0) is 15.2. The number of nitrogens with zero attached hydrogens (tertiary/aromatic N) is 1. The van der Waals surface area contributed by atoms with Crippen molar-refractivity contribution >= 4 is 32.0 Å². The molecule has 0 radical (unpaired) electrons. The lowest BCUT2D eigenvalue weighted by molar-refractivity contribution is -0.383. The molecule has 1 aromatic heterocycles. The number of hydrogen-bond donors (Lipinski definition) is 2. The Labute approximate surface area is 121 Å². The van der Waals surface area contributed by atoms with E-state index in [1.165, 1.54) is 0 Å². The van der Waals surface area contributed by atoms with E-state index < -0.39 is 14.9 Å². The van der Waals surface area contributed by atoms with Crippen LogP contribution in [0.5, 0.6) is 0 Å². The van der Waals surface area contributed by atoms with E-state index in [2.05, 4.69) is 10.0 Å². The largest absolute Gasteiger partial charge is 0.380 e. The fraction of sp³-hybridized carbons (Fsp3) is 0.600. The number of thiophene rings is 1. The molecule has 0 unspecified atom stereocenters. The zero-order valence-corrected chi connectivity index (χ0v) is 12.8. The van der Waals surface area contributed by atoms with Crippen molar-refractivity contribution in [3.05, 3.63) is 16.2 Å². The van der Waals surface area contributed by atoms with Gasteiger partial charge in [-0.2, -0.15) is 0 Å². The minimum atomic E-state index is -3.75. The van der Waals surface area contributed by atoms with Gasteiger partial charge in [0.1, 0.15) is 4.21 Å². The highest BCUT2D eigenvalue weighted by atomic mass is 32.2. The Balaban J connectivity index is 2.89. The Morgan fingerprint density at radius 3 is 2.70 bits per heavy atom. The molecule has 0 aliphatic heterocycles. The summed E-state index contributed by atoms with van der Waals surface area (Å²) in [6.45, 7) is 4.93. The van der Waals surface area contributed by atoms with E-state index in [1.807, 2.05) is 0 Å². The number of sulfonamides is 1. The van der Waals surface area contributed by atoms with E-state index in [1.54, 1.807) is 13.8 Å². The maximum Gasteiger partial charge on any atom is 0.304 e. The summed E-state index contributed by atoms with van der Waals surface area (Å²) in [7, 11) is -3.75. The van der Waals surface area contributed by atoms with E-state index in [4.69, 9.17) is 4.74 Å². The Hall–Kier alpha value is -1.23. The van der Waals surface area contributed by atoms with Gasteiger partial charge < -0.3 is 10.1 Å². The van der Waals surface area contributed by atoms with Gasteiger partial charge in [-0.05, 0) is 13.8 Å². The first-order chi connectivity index (χ1) is 9.42. The molecule has 0 amide bonds. The maximum atomic E-state index is 12.0. The highest BCUT2D eigenvalue weighted by Crippen LogP contribution is 2.36. The lowest BCUT2D eigenvalue weighted by Gasteiger charge is -2.04. The summed E-state index contributed by atoms with van der Waals surface area (Å²) in [5.74, 6) is 0. The molecule has 114 valence electrons. The van der Waals surface area contributed by atoms with Gasteiger partial charge in [0.2, 0.25) is 10.0 Å². The maximum absolute atomic E-state index is 12.0. The van der Waals surface area contributed by atoms with Crippen molar-refractivity contribution < 1.29 is 18.1 Å². The van der Waals surface area contributed by atoms with Gasteiger partial charge in [-0.3, -0.25) is 10.1 Å². The highest BCUT2D eigenvalue weighted by Gasteiger charge is 2.25. The van der Waals surface area contributed by atoms with Crippen molar-refractivity contribution in [3.8, 4) is 0 Å². The molecule has 0 spiro atoms. The number of nitrogens with one attached hydrogen (secondary N) is 2. The summed E-state index contributed by atoms with van der Waals surface area (Å²) in [4.78, 5) is 10.3. The predicted octanol–water partition coefficient (Wildman–Crippen LogP) is 1.40. The minimum absolute atomic E-state index is 0.0864. The molecular weight excluding hydrogens is 306 g/mol. The van der Waals surface area contributed by atoms with Crippen LogP contribution in [0.2, 0.25) is 0 Å². The second kappa shape index (κ2) is 7.53. The molecule has 1 heterocycles. The molecule has 0 saturated carbocycles. The quantitative estimate of drug-likeness (QED) is 0.404. The molecule has 0 atom stereocenters. The molecule has 0 saturated heterocycles. The Kier molecular flexibility index (Phi) is 6.33. The van der Waals surface area contributed by atoms with Gasteiger partial charge >= 0.3 is 5.69 Å². The van der Waals surface area contributed by atoms with E-state index in [0.717, 1.165) is 17.4 Å². The first-order valence-electron chi connectivity index (χ1n) is 6.01. The molecular formula is C10H17N3O5S2. The molecule has 2 N–H and O–H groups in total. The van der Waals surface area contributed by atoms with Crippen LogP contribution in [-0.4, -0.2) is 39.6 Å². The van der Waals surface area contributed by atoms with Crippen LogP contribution in [-0.2, 0) is 14.8 Å². The van der Waals surface area contributed by atoms with E-state index >= 15 is 0 Å². The summed E-state index contributed by atoms with van der Waals surface area (Å²) in [6.07, 6.45) is 0. The molecule has 10 heteroatoms. The van der Waals surface area contributed by atoms with Gasteiger partial charge in [0.25, 0.3) is 0 Å². The standard InChI is InChI=1S/C10H17N3O5S2/c1-3-11-10-8(13(14)15)7-9(19-10)20(16,17)12-5-6-18-4-2/h7,11-12H,3-6H2,1-2H3. The van der Waals surface area contributed by atoms with Crippen LogP contribution in [0.1, 0.15) is 13.8 Å². The first kappa shape index (κ1) is 16.8. The van der Waals surface area contributed by atoms with Crippen molar-refractivity contribution in [3.63, 3.8) is 0 Å². The molecule has 0 bridgehead atoms. The minimum Gasteiger partial charge on any atom is -0.380 e. The molecule has 0 aliphatic carbocycles. The topological polar surface area (TPSA) is 111 Å². The van der Waals surface area contributed by atoms with Crippen molar-refractivity contribution in [2.75, 3.05) is 31.6 Å². The second-order valence-electron chi connectivity index (χ2n) is 3.66. The smallest absolute Gasteiger partial charge is 0.304 e. The molecule has 1 rings (SSSR count). The van der Waals surface area contributed by atoms with Crippen LogP contribution < -0.4 is 10.0 Å².